The van der Waals surface area contributed by atoms with E-state index in [0.29, 0.717) is 0 Å². The molecule has 0 amide bonds. The molecule has 78 valence electrons. The zero-order valence-corrected chi connectivity index (χ0v) is 7.79. The molecule has 0 bridgehead atoms. The van der Waals surface area contributed by atoms with Gasteiger partial charge in [0, 0.05) is 0 Å². The largest absolute Gasteiger partial charge is 0.507 e. The molecule has 0 radical (unpaired) electrons. The minimum atomic E-state index is -2.99. The number of ketones is 1. The van der Waals surface area contributed by atoms with Crippen LogP contribution in [0.25, 0.3) is 0 Å². The predicted octanol–water partition coefficient (Wildman–Crippen LogP) is 2.40. The summed E-state index contributed by atoms with van der Waals surface area (Å²) in [6.07, 6.45) is -2.99. The van der Waals surface area contributed by atoms with Crippen LogP contribution < -0.4 is 0 Å². The van der Waals surface area contributed by atoms with Crippen molar-refractivity contribution in [1.82, 2.24) is 0 Å². The molecule has 0 unspecified atom stereocenters. The Balaban J connectivity index is 3.51. The number of nitriles is 1. The van der Waals surface area contributed by atoms with Crippen molar-refractivity contribution in [3.05, 3.63) is 28.8 Å². The van der Waals surface area contributed by atoms with E-state index in [0.717, 1.165) is 19.1 Å². The van der Waals surface area contributed by atoms with Crippen LogP contribution in [-0.4, -0.2) is 10.9 Å². The average Bonchev–Trinajstić information content (AvgIpc) is 2.15. The highest BCUT2D eigenvalue weighted by molar-refractivity contribution is 5.97. The summed E-state index contributed by atoms with van der Waals surface area (Å²) in [5.74, 6) is -1.34. The molecule has 1 N–H and O–H groups in total. The van der Waals surface area contributed by atoms with E-state index in [-0.39, 0.29) is 11.1 Å². The first-order chi connectivity index (χ1) is 6.99. The van der Waals surface area contributed by atoms with Crippen LogP contribution in [-0.2, 0) is 0 Å². The lowest BCUT2D eigenvalue weighted by Gasteiger charge is -2.08. The molecule has 0 spiro atoms. The Morgan fingerprint density at radius 3 is 2.53 bits per heavy atom. The highest BCUT2D eigenvalue weighted by Crippen LogP contribution is 2.34. The van der Waals surface area contributed by atoms with Crippen LogP contribution in [0.1, 0.15) is 34.8 Å². The molecule has 0 fully saturated rings. The number of carbonyl (C=O) groups is 1. The molecule has 1 aromatic carbocycles. The Morgan fingerprint density at radius 1 is 1.53 bits per heavy atom. The van der Waals surface area contributed by atoms with Crippen molar-refractivity contribution in [1.29, 1.82) is 5.26 Å². The summed E-state index contributed by atoms with van der Waals surface area (Å²) in [5, 5.41) is 17.9. The standard InChI is InChI=1S/C10H7F2NO2/c1-5(14)7-3-2-6(4-13)8(9(7)15)10(11)12/h2-3,10,15H,1H3. The fourth-order valence-electron chi connectivity index (χ4n) is 1.21. The van der Waals surface area contributed by atoms with E-state index >= 15 is 0 Å². The third kappa shape index (κ3) is 1.94. The second-order valence-electron chi connectivity index (χ2n) is 2.89. The van der Waals surface area contributed by atoms with Crippen LogP contribution in [0.5, 0.6) is 5.75 Å². The van der Waals surface area contributed by atoms with Gasteiger partial charge in [0.25, 0.3) is 6.43 Å². The van der Waals surface area contributed by atoms with E-state index in [2.05, 4.69) is 0 Å². The Hall–Kier alpha value is -1.96. The molecule has 0 aliphatic rings. The number of benzene rings is 1. The Morgan fingerprint density at radius 2 is 2.13 bits per heavy atom. The summed E-state index contributed by atoms with van der Waals surface area (Å²) in [4.78, 5) is 11.0. The topological polar surface area (TPSA) is 61.1 Å². The van der Waals surface area contributed by atoms with Gasteiger partial charge in [0.15, 0.2) is 5.78 Å². The number of hydrogen-bond donors (Lipinski definition) is 1. The highest BCUT2D eigenvalue weighted by atomic mass is 19.3. The van der Waals surface area contributed by atoms with Gasteiger partial charge in [0.05, 0.1) is 22.8 Å². The van der Waals surface area contributed by atoms with Crippen LogP contribution in [0.2, 0.25) is 0 Å². The number of hydrogen-bond acceptors (Lipinski definition) is 3. The van der Waals surface area contributed by atoms with Crippen LogP contribution in [0.4, 0.5) is 8.78 Å². The van der Waals surface area contributed by atoms with Gasteiger partial charge in [-0.05, 0) is 19.1 Å². The van der Waals surface area contributed by atoms with Crippen LogP contribution in [0.3, 0.4) is 0 Å². The average molecular weight is 211 g/mol. The summed E-state index contributed by atoms with van der Waals surface area (Å²) in [7, 11) is 0. The van der Waals surface area contributed by atoms with Crippen molar-refractivity contribution in [3.63, 3.8) is 0 Å². The van der Waals surface area contributed by atoms with Crippen LogP contribution in [0.15, 0.2) is 12.1 Å². The summed E-state index contributed by atoms with van der Waals surface area (Å²) in [5.41, 5.74) is -1.32. The van der Waals surface area contributed by atoms with Crippen LogP contribution >= 0.6 is 0 Å². The van der Waals surface area contributed by atoms with Gasteiger partial charge in [-0.1, -0.05) is 0 Å². The number of rotatable bonds is 2. The van der Waals surface area contributed by atoms with E-state index in [1.54, 1.807) is 0 Å². The lowest BCUT2D eigenvalue weighted by atomic mass is 10.0. The minimum absolute atomic E-state index is 0.204. The zero-order chi connectivity index (χ0) is 11.6. The summed E-state index contributed by atoms with van der Waals surface area (Å²) in [6, 6.07) is 3.78. The summed E-state index contributed by atoms with van der Waals surface area (Å²) in [6.45, 7) is 1.15. The van der Waals surface area contributed by atoms with Gasteiger partial charge in [-0.3, -0.25) is 4.79 Å². The van der Waals surface area contributed by atoms with Crippen LogP contribution in [0, 0.1) is 11.3 Å². The fourth-order valence-corrected chi connectivity index (χ4v) is 1.21. The number of carbonyl (C=O) groups excluding carboxylic acids is 1. The number of aromatic hydroxyl groups is 1. The molecule has 1 aromatic rings. The third-order valence-corrected chi connectivity index (χ3v) is 1.94. The Bertz CT molecular complexity index is 449. The second kappa shape index (κ2) is 4.05. The van der Waals surface area contributed by atoms with Crippen molar-refractivity contribution < 1.29 is 18.7 Å². The number of nitrogens with zero attached hydrogens (tertiary/aromatic N) is 1. The number of phenols is 1. The molecule has 3 nitrogen and oxygen atoms in total. The number of alkyl halides is 2. The highest BCUT2D eigenvalue weighted by Gasteiger charge is 2.22. The molecule has 1 rings (SSSR count). The van der Waals surface area contributed by atoms with Crippen molar-refractivity contribution in [3.8, 4) is 11.8 Å². The molecule has 5 heteroatoms. The van der Waals surface area contributed by atoms with E-state index in [9.17, 15) is 18.7 Å². The van der Waals surface area contributed by atoms with Gasteiger partial charge < -0.3 is 5.11 Å². The van der Waals surface area contributed by atoms with Gasteiger partial charge in [-0.2, -0.15) is 5.26 Å². The Kier molecular flexibility index (Phi) is 3.00. The lowest BCUT2D eigenvalue weighted by Crippen LogP contribution is -1.99. The Labute approximate surface area is 84.6 Å². The maximum Gasteiger partial charge on any atom is 0.268 e. The molecule has 0 saturated carbocycles. The number of halogens is 2. The molecule has 0 atom stereocenters. The van der Waals surface area contributed by atoms with Crippen molar-refractivity contribution in [2.75, 3.05) is 0 Å². The van der Waals surface area contributed by atoms with Gasteiger partial charge in [0.2, 0.25) is 0 Å². The van der Waals surface area contributed by atoms with E-state index < -0.39 is 23.5 Å². The van der Waals surface area contributed by atoms with Gasteiger partial charge in [0.1, 0.15) is 5.75 Å². The molecular weight excluding hydrogens is 204 g/mol. The molecular formula is C10H7F2NO2. The normalized spacial score (nSPS) is 10.1. The first-order valence-corrected chi connectivity index (χ1v) is 4.04. The SMILES string of the molecule is CC(=O)c1ccc(C#N)c(C(F)F)c1O. The van der Waals surface area contributed by atoms with Crippen molar-refractivity contribution in [2.24, 2.45) is 0 Å². The number of phenolic OH excluding ortho intramolecular Hbond substituents is 1. The quantitative estimate of drug-likeness (QED) is 0.764. The van der Waals surface area contributed by atoms with E-state index in [4.69, 9.17) is 5.26 Å². The predicted molar refractivity (Wildman–Crippen MR) is 47.8 cm³/mol. The third-order valence-electron chi connectivity index (χ3n) is 1.94. The molecule has 0 aromatic heterocycles. The molecule has 0 heterocycles. The lowest BCUT2D eigenvalue weighted by molar-refractivity contribution is 0.101. The smallest absolute Gasteiger partial charge is 0.268 e. The van der Waals surface area contributed by atoms with Gasteiger partial charge >= 0.3 is 0 Å². The summed E-state index contributed by atoms with van der Waals surface area (Å²) >= 11 is 0. The van der Waals surface area contributed by atoms with Crippen molar-refractivity contribution >= 4 is 5.78 Å². The monoisotopic (exact) mass is 211 g/mol. The van der Waals surface area contributed by atoms with E-state index in [1.807, 2.05) is 0 Å². The maximum atomic E-state index is 12.5. The van der Waals surface area contributed by atoms with Crippen molar-refractivity contribution in [2.45, 2.75) is 13.3 Å². The maximum absolute atomic E-state index is 12.5. The van der Waals surface area contributed by atoms with E-state index in [1.165, 1.54) is 6.07 Å². The molecule has 0 saturated heterocycles. The van der Waals surface area contributed by atoms with Gasteiger partial charge in [-0.15, -0.1) is 0 Å². The molecule has 15 heavy (non-hydrogen) atoms. The minimum Gasteiger partial charge on any atom is -0.507 e. The first kappa shape index (κ1) is 11.1. The fraction of sp³-hybridized carbons (Fsp3) is 0.200. The number of Topliss-reactive ketones (excluding diaryl/α,β-unsaturated/α-hetero) is 1. The summed E-state index contributed by atoms with van der Waals surface area (Å²) < 4.78 is 25.0. The molecule has 0 aliphatic carbocycles. The molecule has 0 aliphatic heterocycles. The zero-order valence-electron chi connectivity index (χ0n) is 7.79. The van der Waals surface area contributed by atoms with Gasteiger partial charge in [-0.25, -0.2) is 8.78 Å². The second-order valence-corrected chi connectivity index (χ2v) is 2.89. The first-order valence-electron chi connectivity index (χ1n) is 4.04.